The Morgan fingerprint density at radius 1 is 1.07 bits per heavy atom. The van der Waals surface area contributed by atoms with Crippen molar-refractivity contribution in [1.29, 1.82) is 0 Å². The van der Waals surface area contributed by atoms with Crippen LogP contribution in [0.25, 0.3) is 0 Å². The van der Waals surface area contributed by atoms with Gasteiger partial charge >= 0.3 is 5.97 Å². The molecule has 27 heavy (non-hydrogen) atoms. The highest BCUT2D eigenvalue weighted by Gasteiger charge is 2.17. The number of carbonyl (C=O) groups excluding carboxylic acids is 3. The highest BCUT2D eigenvalue weighted by molar-refractivity contribution is 6.32. The first-order chi connectivity index (χ1) is 12.9. The molecule has 2 aromatic rings. The zero-order chi connectivity index (χ0) is 19.8. The lowest BCUT2D eigenvalue weighted by Gasteiger charge is -2.11. The van der Waals surface area contributed by atoms with Gasteiger partial charge in [-0.2, -0.15) is 0 Å². The van der Waals surface area contributed by atoms with Gasteiger partial charge in [-0.25, -0.2) is 4.79 Å². The summed E-state index contributed by atoms with van der Waals surface area (Å²) < 4.78 is 10.0. The van der Waals surface area contributed by atoms with E-state index in [1.54, 1.807) is 37.3 Å². The Morgan fingerprint density at radius 2 is 1.78 bits per heavy atom. The number of phenolic OH excluding ortho intramolecular Hbond substituents is 1. The summed E-state index contributed by atoms with van der Waals surface area (Å²) in [5.74, 6) is -2.36. The van der Waals surface area contributed by atoms with Crippen LogP contribution in [0.15, 0.2) is 42.5 Å². The van der Waals surface area contributed by atoms with E-state index in [0.717, 1.165) is 0 Å². The minimum atomic E-state index is -0.845. The quantitative estimate of drug-likeness (QED) is 0.512. The van der Waals surface area contributed by atoms with E-state index in [1.807, 2.05) is 0 Å². The molecule has 0 aliphatic heterocycles. The number of benzene rings is 2. The van der Waals surface area contributed by atoms with Gasteiger partial charge in [-0.05, 0) is 31.2 Å². The molecule has 0 aliphatic carbocycles. The molecular formula is C18H17ClN2O6. The molecule has 2 aromatic carbocycles. The van der Waals surface area contributed by atoms with Gasteiger partial charge in [0.15, 0.2) is 18.1 Å². The summed E-state index contributed by atoms with van der Waals surface area (Å²) >= 11 is 5.84. The second-order valence-electron chi connectivity index (χ2n) is 5.18. The third kappa shape index (κ3) is 5.61. The van der Waals surface area contributed by atoms with Gasteiger partial charge in [0.2, 0.25) is 0 Å². The van der Waals surface area contributed by atoms with Gasteiger partial charge in [-0.3, -0.25) is 20.4 Å². The van der Waals surface area contributed by atoms with Crippen LogP contribution in [0.3, 0.4) is 0 Å². The molecule has 8 nitrogen and oxygen atoms in total. The number of hydrazine groups is 1. The second kappa shape index (κ2) is 9.44. The minimum absolute atomic E-state index is 0.00220. The van der Waals surface area contributed by atoms with Crippen molar-refractivity contribution in [2.75, 3.05) is 13.2 Å². The molecule has 0 radical (unpaired) electrons. The molecule has 3 N–H and O–H groups in total. The summed E-state index contributed by atoms with van der Waals surface area (Å²) in [5.41, 5.74) is 4.69. The Hall–Kier alpha value is -3.26. The molecule has 0 unspecified atom stereocenters. The molecule has 0 saturated heterocycles. The molecule has 2 rings (SSSR count). The number of hydrogen-bond acceptors (Lipinski definition) is 6. The predicted molar refractivity (Wildman–Crippen MR) is 96.6 cm³/mol. The van der Waals surface area contributed by atoms with Gasteiger partial charge in [0, 0.05) is 5.56 Å². The number of halogens is 1. The molecule has 0 aliphatic rings. The molecule has 2 amide bonds. The number of amides is 2. The molecule has 0 heterocycles. The molecule has 9 heteroatoms. The van der Waals surface area contributed by atoms with Gasteiger partial charge in [0.25, 0.3) is 11.8 Å². The number of esters is 1. The summed E-state index contributed by atoms with van der Waals surface area (Å²) in [4.78, 5) is 35.5. The smallest absolute Gasteiger partial charge is 0.338 e. The first-order valence-electron chi connectivity index (χ1n) is 7.89. The van der Waals surface area contributed by atoms with E-state index >= 15 is 0 Å². The van der Waals surface area contributed by atoms with Crippen molar-refractivity contribution in [3.63, 3.8) is 0 Å². The summed E-state index contributed by atoms with van der Waals surface area (Å²) in [7, 11) is 0. The summed E-state index contributed by atoms with van der Waals surface area (Å²) in [6, 6.07) is 10.7. The maximum Gasteiger partial charge on any atom is 0.338 e. The normalized spacial score (nSPS) is 10.0. The Kier molecular flexibility index (Phi) is 7.01. The number of hydrogen-bond donors (Lipinski definition) is 3. The lowest BCUT2D eigenvalue weighted by atomic mass is 10.2. The fraction of sp³-hybridized carbons (Fsp3) is 0.167. The average molecular weight is 393 g/mol. The number of carbonyl (C=O) groups is 3. The Morgan fingerprint density at radius 3 is 2.44 bits per heavy atom. The number of ether oxygens (including phenoxy) is 2. The molecule has 0 aromatic heterocycles. The fourth-order valence-electron chi connectivity index (χ4n) is 2.00. The molecule has 0 spiro atoms. The van der Waals surface area contributed by atoms with Crippen molar-refractivity contribution >= 4 is 29.4 Å². The Bertz CT molecular complexity index is 841. The summed E-state index contributed by atoms with van der Waals surface area (Å²) in [6.07, 6.45) is 0. The Labute approximate surface area is 160 Å². The standard InChI is InChI=1S/C18H17ClN2O6/c1-2-26-14-9-12(8-13(19)16(14)23)18(25)27-10-15(22)20-21-17(24)11-6-4-3-5-7-11/h3-9,23H,2,10H2,1H3,(H,20,22)(H,21,24). The highest BCUT2D eigenvalue weighted by atomic mass is 35.5. The lowest BCUT2D eigenvalue weighted by molar-refractivity contribution is -0.125. The third-order valence-electron chi connectivity index (χ3n) is 3.25. The average Bonchev–Trinajstić information content (AvgIpc) is 2.68. The van der Waals surface area contributed by atoms with E-state index in [4.69, 9.17) is 21.1 Å². The van der Waals surface area contributed by atoms with Crippen molar-refractivity contribution < 1.29 is 29.0 Å². The highest BCUT2D eigenvalue weighted by Crippen LogP contribution is 2.35. The predicted octanol–water partition coefficient (Wildman–Crippen LogP) is 2.06. The van der Waals surface area contributed by atoms with Crippen LogP contribution < -0.4 is 15.6 Å². The summed E-state index contributed by atoms with van der Waals surface area (Å²) in [5, 5.41) is 9.67. The van der Waals surface area contributed by atoms with Gasteiger partial charge in [0.1, 0.15) is 0 Å². The SMILES string of the molecule is CCOc1cc(C(=O)OCC(=O)NNC(=O)c2ccccc2)cc(Cl)c1O. The number of nitrogens with one attached hydrogen (secondary N) is 2. The molecule has 0 fully saturated rings. The van der Waals surface area contributed by atoms with E-state index in [0.29, 0.717) is 5.56 Å². The maximum absolute atomic E-state index is 12.0. The van der Waals surface area contributed by atoms with Gasteiger partial charge in [-0.1, -0.05) is 29.8 Å². The van der Waals surface area contributed by atoms with Crippen LogP contribution in [-0.2, 0) is 9.53 Å². The van der Waals surface area contributed by atoms with Crippen LogP contribution in [0.5, 0.6) is 11.5 Å². The van der Waals surface area contributed by atoms with E-state index in [2.05, 4.69) is 10.9 Å². The molecule has 142 valence electrons. The fourth-order valence-corrected chi connectivity index (χ4v) is 2.21. The minimum Gasteiger partial charge on any atom is -0.503 e. The second-order valence-corrected chi connectivity index (χ2v) is 5.59. The monoisotopic (exact) mass is 392 g/mol. The van der Waals surface area contributed by atoms with Crippen LogP contribution in [0.4, 0.5) is 0 Å². The van der Waals surface area contributed by atoms with Gasteiger partial charge in [-0.15, -0.1) is 0 Å². The molecule has 0 bridgehead atoms. The number of rotatable bonds is 6. The largest absolute Gasteiger partial charge is 0.503 e. The number of aromatic hydroxyl groups is 1. The van der Waals surface area contributed by atoms with Crippen LogP contribution in [0, 0.1) is 0 Å². The van der Waals surface area contributed by atoms with Crippen molar-refractivity contribution in [1.82, 2.24) is 10.9 Å². The van der Waals surface area contributed by atoms with Gasteiger partial charge in [0.05, 0.1) is 17.2 Å². The van der Waals surface area contributed by atoms with Crippen LogP contribution >= 0.6 is 11.6 Å². The van der Waals surface area contributed by atoms with Crippen LogP contribution in [-0.4, -0.2) is 36.1 Å². The topological polar surface area (TPSA) is 114 Å². The summed E-state index contributed by atoms with van der Waals surface area (Å²) in [6.45, 7) is 1.33. The first kappa shape index (κ1) is 20.1. The molecular weight excluding hydrogens is 376 g/mol. The molecule has 0 atom stereocenters. The van der Waals surface area contributed by atoms with Crippen molar-refractivity contribution in [3.05, 3.63) is 58.6 Å². The van der Waals surface area contributed by atoms with E-state index in [-0.39, 0.29) is 28.7 Å². The van der Waals surface area contributed by atoms with Crippen molar-refractivity contribution in [2.24, 2.45) is 0 Å². The zero-order valence-corrected chi connectivity index (χ0v) is 15.1. The van der Waals surface area contributed by atoms with E-state index in [1.165, 1.54) is 12.1 Å². The lowest BCUT2D eigenvalue weighted by Crippen LogP contribution is -2.43. The van der Waals surface area contributed by atoms with Crippen LogP contribution in [0.1, 0.15) is 27.6 Å². The van der Waals surface area contributed by atoms with Crippen molar-refractivity contribution in [2.45, 2.75) is 6.92 Å². The van der Waals surface area contributed by atoms with Crippen molar-refractivity contribution in [3.8, 4) is 11.5 Å². The zero-order valence-electron chi connectivity index (χ0n) is 14.3. The van der Waals surface area contributed by atoms with Gasteiger partial charge < -0.3 is 14.6 Å². The van der Waals surface area contributed by atoms with E-state index in [9.17, 15) is 19.5 Å². The Balaban J connectivity index is 1.88. The number of phenols is 1. The third-order valence-corrected chi connectivity index (χ3v) is 3.54. The maximum atomic E-state index is 12.0. The molecule has 0 saturated carbocycles. The van der Waals surface area contributed by atoms with E-state index < -0.39 is 24.4 Å². The van der Waals surface area contributed by atoms with Crippen LogP contribution in [0.2, 0.25) is 5.02 Å². The first-order valence-corrected chi connectivity index (χ1v) is 8.26.